The first kappa shape index (κ1) is 35.3. The molecule has 0 bridgehead atoms. The van der Waals surface area contributed by atoms with Gasteiger partial charge in [-0.05, 0) is 80.0 Å². The van der Waals surface area contributed by atoms with Crippen molar-refractivity contribution in [1.82, 2.24) is 19.9 Å². The number of β-amino-alcohol motifs (C(OH)–C–C–N with tert-alkyl or cyclic N) is 1. The van der Waals surface area contributed by atoms with Crippen LogP contribution in [0, 0.1) is 17.0 Å². The van der Waals surface area contributed by atoms with Crippen LogP contribution < -0.4 is 9.64 Å². The van der Waals surface area contributed by atoms with E-state index >= 15 is 13.2 Å². The largest absolute Gasteiger partial charge is 0.508 e. The van der Waals surface area contributed by atoms with Crippen molar-refractivity contribution >= 4 is 27.5 Å². The number of nitrogens with zero attached hydrogens (tertiary/aromatic N) is 5. The maximum Gasteiger partial charge on any atom is 0.319 e. The lowest BCUT2D eigenvalue weighted by atomic mass is 9.72. The second-order valence-electron chi connectivity index (χ2n) is 15.5. The lowest BCUT2D eigenvalue weighted by Crippen LogP contribution is -2.62. The third-order valence-electron chi connectivity index (χ3n) is 11.8. The van der Waals surface area contributed by atoms with Gasteiger partial charge in [-0.2, -0.15) is 9.97 Å². The number of alkyl halides is 1. The van der Waals surface area contributed by atoms with E-state index in [1.165, 1.54) is 24.4 Å². The Morgan fingerprint density at radius 1 is 1.15 bits per heavy atom. The Kier molecular flexibility index (Phi) is 9.20. The maximum atomic E-state index is 17.1. The van der Waals surface area contributed by atoms with Gasteiger partial charge in [0.2, 0.25) is 0 Å². The van der Waals surface area contributed by atoms with Crippen molar-refractivity contribution in [3.8, 4) is 23.0 Å². The standard InChI is InChI=1S/C39H46F3N5O5/c1-4-27-30(41)8-7-22-12-25(48)15-28(32(22)27)34-33(42)35-29(17-43-34)36(46-10-11-51-20-38(2,49)19-46)45-37(44-35)52-21-39-9-5-6-31(39)47(18-23(40)16-39)24-13-26(14-24)50-3/h7-8,12,15,17,23-24,26,31,48-49H,4-6,9-11,13-14,16,18-21H2,1-3H3. The number of aryl methyl sites for hydroxylation is 1. The molecule has 8 rings (SSSR count). The van der Waals surface area contributed by atoms with E-state index < -0.39 is 28.8 Å². The molecule has 0 radical (unpaired) electrons. The highest BCUT2D eigenvalue weighted by Crippen LogP contribution is 2.51. The summed E-state index contributed by atoms with van der Waals surface area (Å²) in [5.41, 5.74) is -1.25. The fourth-order valence-electron chi connectivity index (χ4n) is 9.31. The molecule has 278 valence electrons. The number of hydrogen-bond acceptors (Lipinski definition) is 10. The maximum absolute atomic E-state index is 17.1. The summed E-state index contributed by atoms with van der Waals surface area (Å²) in [6, 6.07) is 6.13. The van der Waals surface area contributed by atoms with Crippen LogP contribution in [0.4, 0.5) is 19.0 Å². The summed E-state index contributed by atoms with van der Waals surface area (Å²) in [6.45, 7) is 4.96. The van der Waals surface area contributed by atoms with Crippen LogP contribution >= 0.6 is 0 Å². The smallest absolute Gasteiger partial charge is 0.319 e. The number of phenolic OH excluding ortho intramolecular Hbond substituents is 1. The highest BCUT2D eigenvalue weighted by Gasteiger charge is 2.54. The van der Waals surface area contributed by atoms with Crippen LogP contribution in [0.1, 0.15) is 57.9 Å². The minimum Gasteiger partial charge on any atom is -0.508 e. The SMILES string of the molecule is CCc1c(F)ccc2cc(O)cc(-c3ncc4c(N5CCOCC(C)(O)C5)nc(OCC56CCCC5N(C5CC(OC)C5)CC(F)C6)nc4c3F)c12. The molecule has 4 aromatic rings. The third kappa shape index (κ3) is 6.22. The Morgan fingerprint density at radius 2 is 1.98 bits per heavy atom. The van der Waals surface area contributed by atoms with Crippen molar-refractivity contribution in [2.75, 3.05) is 51.5 Å². The minimum absolute atomic E-state index is 0.0694. The molecule has 4 unspecified atom stereocenters. The number of aromatic hydroxyl groups is 1. The van der Waals surface area contributed by atoms with Crippen molar-refractivity contribution in [3.63, 3.8) is 0 Å². The van der Waals surface area contributed by atoms with Gasteiger partial charge in [-0.25, -0.2) is 13.2 Å². The molecule has 2 aromatic heterocycles. The summed E-state index contributed by atoms with van der Waals surface area (Å²) in [5, 5.41) is 23.0. The molecule has 52 heavy (non-hydrogen) atoms. The van der Waals surface area contributed by atoms with E-state index in [4.69, 9.17) is 19.2 Å². The first-order valence-electron chi connectivity index (χ1n) is 18.4. The van der Waals surface area contributed by atoms with E-state index in [0.29, 0.717) is 60.1 Å². The summed E-state index contributed by atoms with van der Waals surface area (Å²) in [4.78, 5) is 18.1. The first-order valence-corrected chi connectivity index (χ1v) is 18.4. The number of piperidine rings is 1. The molecule has 2 saturated carbocycles. The number of rotatable bonds is 8. The van der Waals surface area contributed by atoms with Gasteiger partial charge in [-0.3, -0.25) is 9.88 Å². The predicted molar refractivity (Wildman–Crippen MR) is 190 cm³/mol. The zero-order valence-electron chi connectivity index (χ0n) is 29.9. The molecule has 4 heterocycles. The van der Waals surface area contributed by atoms with Gasteiger partial charge in [0.25, 0.3) is 0 Å². The second-order valence-corrected chi connectivity index (χ2v) is 15.5. The molecule has 2 aromatic carbocycles. The molecule has 0 amide bonds. The number of ether oxygens (including phenoxy) is 3. The molecule has 10 nitrogen and oxygen atoms in total. The van der Waals surface area contributed by atoms with Gasteiger partial charge in [0.05, 0.1) is 37.9 Å². The van der Waals surface area contributed by atoms with Gasteiger partial charge in [0.1, 0.15) is 40.4 Å². The zero-order chi connectivity index (χ0) is 36.4. The van der Waals surface area contributed by atoms with Crippen LogP contribution in [-0.2, 0) is 15.9 Å². The fraction of sp³-hybridized carbons (Fsp3) is 0.564. The van der Waals surface area contributed by atoms with Crippen LogP contribution in [0.3, 0.4) is 0 Å². The molecular formula is C39H46F3N5O5. The number of benzene rings is 2. The minimum atomic E-state index is -1.22. The lowest BCUT2D eigenvalue weighted by molar-refractivity contribution is -0.103. The van der Waals surface area contributed by atoms with Crippen LogP contribution in [0.15, 0.2) is 30.5 Å². The van der Waals surface area contributed by atoms with Gasteiger partial charge in [-0.15, -0.1) is 0 Å². The number of anilines is 1. The van der Waals surface area contributed by atoms with Crippen molar-refractivity contribution in [1.29, 1.82) is 0 Å². The van der Waals surface area contributed by atoms with Crippen molar-refractivity contribution in [3.05, 3.63) is 47.7 Å². The molecule has 2 N–H and O–H groups in total. The zero-order valence-corrected chi connectivity index (χ0v) is 29.9. The van der Waals surface area contributed by atoms with Gasteiger partial charge in [0, 0.05) is 49.5 Å². The van der Waals surface area contributed by atoms with Crippen LogP contribution in [-0.4, -0.2) is 107 Å². The summed E-state index contributed by atoms with van der Waals surface area (Å²) in [6.07, 6.45) is 5.82. The van der Waals surface area contributed by atoms with E-state index in [1.54, 1.807) is 20.1 Å². The number of methoxy groups -OCH3 is 1. The number of aromatic nitrogens is 3. The van der Waals surface area contributed by atoms with Crippen molar-refractivity contribution in [2.24, 2.45) is 5.41 Å². The highest BCUT2D eigenvalue weighted by atomic mass is 19.1. The molecule has 0 spiro atoms. The molecular weight excluding hydrogens is 675 g/mol. The van der Waals surface area contributed by atoms with Gasteiger partial charge in [0.15, 0.2) is 5.82 Å². The van der Waals surface area contributed by atoms with E-state index in [0.717, 1.165) is 32.1 Å². The van der Waals surface area contributed by atoms with E-state index in [9.17, 15) is 10.2 Å². The average Bonchev–Trinajstić information content (AvgIpc) is 3.43. The monoisotopic (exact) mass is 721 g/mol. The summed E-state index contributed by atoms with van der Waals surface area (Å²) < 4.78 is 65.3. The van der Waals surface area contributed by atoms with E-state index in [2.05, 4.69) is 14.9 Å². The fourth-order valence-corrected chi connectivity index (χ4v) is 9.31. The molecule has 4 aliphatic rings. The van der Waals surface area contributed by atoms with Gasteiger partial charge >= 0.3 is 6.01 Å². The normalized spacial score (nSPS) is 29.6. The number of pyridine rings is 1. The topological polar surface area (TPSA) is 113 Å². The van der Waals surface area contributed by atoms with Crippen molar-refractivity contribution < 1.29 is 37.6 Å². The number of fused-ring (bicyclic) bond motifs is 3. The molecule has 2 aliphatic carbocycles. The molecule has 13 heteroatoms. The summed E-state index contributed by atoms with van der Waals surface area (Å²) in [7, 11) is 1.72. The number of likely N-dealkylation sites (tertiary alicyclic amines) is 1. The Morgan fingerprint density at radius 3 is 2.77 bits per heavy atom. The van der Waals surface area contributed by atoms with E-state index in [1.807, 2.05) is 11.8 Å². The van der Waals surface area contributed by atoms with Crippen LogP contribution in [0.5, 0.6) is 11.8 Å². The van der Waals surface area contributed by atoms with Gasteiger partial charge < -0.3 is 29.3 Å². The number of phenols is 1. The average molecular weight is 722 g/mol. The Hall–Kier alpha value is -3.78. The lowest BCUT2D eigenvalue weighted by Gasteiger charge is -2.53. The number of halogens is 3. The summed E-state index contributed by atoms with van der Waals surface area (Å²) in [5.74, 6) is -1.02. The first-order chi connectivity index (χ1) is 25.0. The summed E-state index contributed by atoms with van der Waals surface area (Å²) >= 11 is 0. The van der Waals surface area contributed by atoms with Gasteiger partial charge in [-0.1, -0.05) is 19.4 Å². The molecule has 2 saturated heterocycles. The Balaban J connectivity index is 1.22. The number of hydrogen-bond donors (Lipinski definition) is 2. The number of aliphatic hydroxyl groups is 1. The molecule has 4 fully saturated rings. The molecule has 4 atom stereocenters. The second kappa shape index (κ2) is 13.6. The van der Waals surface area contributed by atoms with Crippen molar-refractivity contribution in [2.45, 2.75) is 88.8 Å². The Labute approximate surface area is 300 Å². The quantitative estimate of drug-likeness (QED) is 0.221. The predicted octanol–water partition coefficient (Wildman–Crippen LogP) is 6.12. The van der Waals surface area contributed by atoms with Crippen LogP contribution in [0.25, 0.3) is 32.9 Å². The molecule has 2 aliphatic heterocycles. The van der Waals surface area contributed by atoms with Crippen LogP contribution in [0.2, 0.25) is 0 Å². The Bertz CT molecular complexity index is 1990. The third-order valence-corrected chi connectivity index (χ3v) is 11.8. The highest BCUT2D eigenvalue weighted by molar-refractivity contribution is 6.01. The van der Waals surface area contributed by atoms with E-state index in [-0.39, 0.29) is 66.5 Å².